The molecule has 20 heavy (non-hydrogen) atoms. The van der Waals surface area contributed by atoms with Crippen LogP contribution in [0.1, 0.15) is 31.1 Å². The molecule has 2 aromatic rings. The van der Waals surface area contributed by atoms with E-state index in [1.807, 2.05) is 6.07 Å². The minimum Gasteiger partial charge on any atom is -0.532 e. The van der Waals surface area contributed by atoms with Crippen molar-refractivity contribution in [3.8, 4) is 0 Å². The van der Waals surface area contributed by atoms with Crippen LogP contribution in [0.15, 0.2) is 22.6 Å². The van der Waals surface area contributed by atoms with Gasteiger partial charge >= 0.3 is 33.6 Å². The van der Waals surface area contributed by atoms with E-state index in [9.17, 15) is 0 Å². The van der Waals surface area contributed by atoms with Gasteiger partial charge in [0.25, 0.3) is 0 Å². The monoisotopic (exact) mass is 305 g/mol. The van der Waals surface area contributed by atoms with Gasteiger partial charge in [0.1, 0.15) is 0 Å². The van der Waals surface area contributed by atoms with E-state index < -0.39 is 10.5 Å². The van der Waals surface area contributed by atoms with Crippen molar-refractivity contribution in [2.75, 3.05) is 0 Å². The summed E-state index contributed by atoms with van der Waals surface area (Å²) in [4.78, 5) is 0. The molecule has 0 amide bonds. The molecule has 0 saturated carbocycles. The van der Waals surface area contributed by atoms with E-state index in [2.05, 4.69) is 32.0 Å². The number of nitrogens with one attached hydrogen (secondary N) is 1. The second-order valence-electron chi connectivity index (χ2n) is 3.99. The van der Waals surface area contributed by atoms with Gasteiger partial charge in [-0.05, 0) is 12.8 Å². The quantitative estimate of drug-likeness (QED) is 0.696. The molecular weight excluding hydrogens is 287 g/mol. The standard InChI is InChI=1S/C13H15O.CH3.Mg.HNO2S/c1-3-4-5-12-9-11-8-10(2)6-7-13(11)14-12;;;1-4(2)3/h6-8H,3-5H2,1-2H3;1H3;;1H/q2*-1;+2;. The van der Waals surface area contributed by atoms with E-state index >= 15 is 0 Å². The molecule has 1 heterocycles. The summed E-state index contributed by atoms with van der Waals surface area (Å²) < 4.78 is 28.5. The van der Waals surface area contributed by atoms with E-state index in [0.717, 1.165) is 23.2 Å². The van der Waals surface area contributed by atoms with Crippen LogP contribution < -0.4 is 0 Å². The van der Waals surface area contributed by atoms with Gasteiger partial charge in [-0.25, -0.2) is 0 Å². The average Bonchev–Trinajstić information content (AvgIpc) is 2.67. The molecule has 0 atom stereocenters. The van der Waals surface area contributed by atoms with E-state index in [1.54, 1.807) is 0 Å². The molecule has 1 aromatic carbocycles. The maximum absolute atomic E-state index is 8.67. The number of aryl methyl sites for hydroxylation is 2. The Morgan fingerprint density at radius 1 is 1.35 bits per heavy atom. The first-order valence-electron chi connectivity index (χ1n) is 5.74. The van der Waals surface area contributed by atoms with Crippen LogP contribution in [0.5, 0.6) is 0 Å². The summed E-state index contributed by atoms with van der Waals surface area (Å²) in [7, 11) is -2.61. The summed E-state index contributed by atoms with van der Waals surface area (Å²) in [6.45, 7) is 4.28. The van der Waals surface area contributed by atoms with E-state index in [1.165, 1.54) is 18.4 Å². The fraction of sp³-hybridized carbons (Fsp3) is 0.357. The summed E-state index contributed by atoms with van der Waals surface area (Å²) in [5.74, 6) is 0.993. The van der Waals surface area contributed by atoms with Gasteiger partial charge in [0, 0.05) is 11.3 Å². The van der Waals surface area contributed by atoms with Gasteiger partial charge in [-0.2, -0.15) is 19.3 Å². The smallest absolute Gasteiger partial charge is 0.532 e. The molecule has 0 aliphatic rings. The average molecular weight is 306 g/mol. The second kappa shape index (κ2) is 10.9. The zero-order valence-electron chi connectivity index (χ0n) is 12.2. The van der Waals surface area contributed by atoms with Crippen molar-refractivity contribution in [2.45, 2.75) is 33.1 Å². The molecule has 0 radical (unpaired) electrons. The van der Waals surface area contributed by atoms with Gasteiger partial charge in [0.2, 0.25) is 0 Å². The Morgan fingerprint density at radius 2 is 1.95 bits per heavy atom. The molecule has 6 heteroatoms. The minimum absolute atomic E-state index is 0. The molecule has 0 aliphatic carbocycles. The molecule has 0 spiro atoms. The van der Waals surface area contributed by atoms with E-state index in [0.29, 0.717) is 0 Å². The van der Waals surface area contributed by atoms with Crippen molar-refractivity contribution in [3.63, 3.8) is 0 Å². The fourth-order valence-corrected chi connectivity index (χ4v) is 1.59. The third-order valence-corrected chi connectivity index (χ3v) is 2.40. The zero-order chi connectivity index (χ0) is 13.5. The summed E-state index contributed by atoms with van der Waals surface area (Å²) in [6.07, 6.45) is 3.38. The van der Waals surface area contributed by atoms with Gasteiger partial charge in [0.05, 0.1) is 0 Å². The topological polar surface area (TPSA) is 71.1 Å². The number of hydrogen-bond donors (Lipinski definition) is 1. The Hall–Kier alpha value is -0.854. The Morgan fingerprint density at radius 3 is 2.50 bits per heavy atom. The summed E-state index contributed by atoms with van der Waals surface area (Å²) in [5, 5.41) is 1.11. The Kier molecular flexibility index (Phi) is 11.7. The molecule has 0 saturated heterocycles. The molecule has 4 nitrogen and oxygen atoms in total. The normalized spacial score (nSPS) is 8.90. The van der Waals surface area contributed by atoms with Crippen LogP contribution in [0.25, 0.3) is 11.0 Å². The molecule has 1 N–H and O–H groups in total. The number of furan rings is 1. The molecule has 1 aromatic heterocycles. The fourth-order valence-electron chi connectivity index (χ4n) is 1.59. The predicted octanol–water partition coefficient (Wildman–Crippen LogP) is 3.58. The predicted molar refractivity (Wildman–Crippen MR) is 82.2 cm³/mol. The number of unbranched alkanes of at least 4 members (excludes halogenated alkanes) is 1. The van der Waals surface area contributed by atoms with Crippen LogP contribution in [0.4, 0.5) is 0 Å². The molecule has 0 aliphatic heterocycles. The van der Waals surface area contributed by atoms with Crippen LogP contribution in [-0.2, 0) is 16.9 Å². The molecule has 106 valence electrons. The molecule has 0 bridgehead atoms. The third-order valence-electron chi connectivity index (χ3n) is 2.40. The molecule has 2 rings (SSSR count). The first kappa shape index (κ1) is 21.4. The summed E-state index contributed by atoms with van der Waals surface area (Å²) in [5.41, 5.74) is 2.22. The first-order chi connectivity index (χ1) is 8.52. The maximum Gasteiger partial charge on any atom is 2.00 e. The second-order valence-corrected chi connectivity index (χ2v) is 4.46. The number of hydrogen-bond acceptors (Lipinski definition) is 4. The van der Waals surface area contributed by atoms with Gasteiger partial charge in [0.15, 0.2) is 0 Å². The Balaban J connectivity index is 0. The van der Waals surface area contributed by atoms with Gasteiger partial charge < -0.3 is 11.8 Å². The largest absolute Gasteiger partial charge is 2.00 e. The van der Waals surface area contributed by atoms with E-state index in [-0.39, 0.29) is 30.5 Å². The summed E-state index contributed by atoms with van der Waals surface area (Å²) >= 11 is 0. The molecule has 0 unspecified atom stereocenters. The maximum atomic E-state index is 8.67. The van der Waals surface area contributed by atoms with Crippen molar-refractivity contribution in [1.29, 1.82) is 4.78 Å². The van der Waals surface area contributed by atoms with Gasteiger partial charge in [-0.1, -0.05) is 32.4 Å². The minimum atomic E-state index is -2.61. The van der Waals surface area contributed by atoms with Crippen LogP contribution in [0.2, 0.25) is 0 Å². The Labute approximate surface area is 138 Å². The number of rotatable bonds is 3. The molecular formula is C14H19MgNO3S. The van der Waals surface area contributed by atoms with Crippen molar-refractivity contribution in [3.05, 3.63) is 43.0 Å². The van der Waals surface area contributed by atoms with Crippen LogP contribution in [0.3, 0.4) is 0 Å². The SMILES string of the molecule is CCCCc1[c-]c2cc(C)ccc2o1.N=S(=O)=O.[CH3-].[Mg+2]. The number of benzene rings is 1. The number of fused-ring (bicyclic) bond motifs is 1. The summed E-state index contributed by atoms with van der Waals surface area (Å²) in [6, 6.07) is 9.52. The van der Waals surface area contributed by atoms with E-state index in [4.69, 9.17) is 17.6 Å². The van der Waals surface area contributed by atoms with Crippen molar-refractivity contribution >= 4 is 44.5 Å². The Bertz CT molecular complexity index is 613. The first-order valence-corrected chi connectivity index (χ1v) is 6.82. The van der Waals surface area contributed by atoms with Crippen LogP contribution in [-0.4, -0.2) is 31.5 Å². The zero-order valence-corrected chi connectivity index (χ0v) is 14.4. The van der Waals surface area contributed by atoms with Crippen molar-refractivity contribution in [1.82, 2.24) is 0 Å². The third kappa shape index (κ3) is 7.67. The van der Waals surface area contributed by atoms with Crippen LogP contribution in [0, 0.1) is 25.2 Å². The van der Waals surface area contributed by atoms with Crippen LogP contribution >= 0.6 is 0 Å². The van der Waals surface area contributed by atoms with Crippen molar-refractivity contribution in [2.24, 2.45) is 0 Å². The molecule has 0 fully saturated rings. The van der Waals surface area contributed by atoms with Gasteiger partial charge in [-0.3, -0.25) is 0 Å². The van der Waals surface area contributed by atoms with Gasteiger partial charge in [-0.15, -0.1) is 17.0 Å². The van der Waals surface area contributed by atoms with Crippen molar-refractivity contribution < 1.29 is 12.8 Å².